The van der Waals surface area contributed by atoms with Gasteiger partial charge in [-0.3, -0.25) is 4.79 Å². The quantitative estimate of drug-likeness (QED) is 0.769. The second kappa shape index (κ2) is 7.00. The number of rotatable bonds is 6. The van der Waals surface area contributed by atoms with Crippen LogP contribution < -0.4 is 5.32 Å². The van der Waals surface area contributed by atoms with Crippen molar-refractivity contribution in [2.45, 2.75) is 36.3 Å². The van der Waals surface area contributed by atoms with Crippen molar-refractivity contribution in [2.75, 3.05) is 18.1 Å². The number of carbonyl (C=O) groups excluding carboxylic acids is 1. The Balaban J connectivity index is 2.11. The molecule has 1 atom stereocenters. The maximum Gasteiger partial charge on any atom is 0.251 e. The summed E-state index contributed by atoms with van der Waals surface area (Å²) in [5.74, 6) is -0.658. The van der Waals surface area contributed by atoms with Crippen molar-refractivity contribution < 1.29 is 21.6 Å². The average molecular weight is 359 g/mol. The smallest absolute Gasteiger partial charge is 0.251 e. The van der Waals surface area contributed by atoms with E-state index in [1.165, 1.54) is 24.3 Å². The van der Waals surface area contributed by atoms with Crippen molar-refractivity contribution in [2.24, 2.45) is 0 Å². The summed E-state index contributed by atoms with van der Waals surface area (Å²) in [6.07, 6.45) is 1.99. The molecule has 1 N–H and O–H groups in total. The molecule has 2 rings (SSSR count). The molecule has 1 aromatic carbocycles. The molecule has 1 saturated heterocycles. The van der Waals surface area contributed by atoms with Crippen LogP contribution >= 0.6 is 0 Å². The van der Waals surface area contributed by atoms with Crippen molar-refractivity contribution in [1.82, 2.24) is 5.32 Å². The van der Waals surface area contributed by atoms with Crippen molar-refractivity contribution >= 4 is 25.6 Å². The predicted octanol–water partition coefficient (Wildman–Crippen LogP) is 1.18. The highest BCUT2D eigenvalue weighted by molar-refractivity contribution is 7.96. The highest BCUT2D eigenvalue weighted by Crippen LogP contribution is 2.25. The topological polar surface area (TPSA) is 97.4 Å². The summed E-state index contributed by atoms with van der Waals surface area (Å²) in [6, 6.07) is 5.65. The summed E-state index contributed by atoms with van der Waals surface area (Å²) in [4.78, 5) is 11.9. The van der Waals surface area contributed by atoms with Gasteiger partial charge in [-0.1, -0.05) is 13.3 Å². The minimum Gasteiger partial charge on any atom is -0.352 e. The highest BCUT2D eigenvalue weighted by Gasteiger charge is 2.37. The highest BCUT2D eigenvalue weighted by atomic mass is 32.2. The molecule has 1 heterocycles. The van der Waals surface area contributed by atoms with Crippen molar-refractivity contribution in [1.29, 1.82) is 0 Å². The second-order valence-corrected chi connectivity index (χ2v) is 10.2. The molecule has 1 fully saturated rings. The molecule has 1 aromatic rings. The Labute approximate surface area is 137 Å². The lowest BCUT2D eigenvalue weighted by atomic mass is 10.2. The van der Waals surface area contributed by atoms with Crippen molar-refractivity contribution in [3.8, 4) is 0 Å². The fourth-order valence-corrected chi connectivity index (χ4v) is 6.83. The van der Waals surface area contributed by atoms with Crippen LogP contribution in [0.1, 0.15) is 36.5 Å². The van der Waals surface area contributed by atoms with Crippen LogP contribution in [0.4, 0.5) is 0 Å². The SMILES string of the molecule is CCCCNC(=O)c1ccc(S(=O)(=O)C2CCS(=O)(=O)C2)cc1. The van der Waals surface area contributed by atoms with Gasteiger partial charge in [0.05, 0.1) is 21.7 Å². The van der Waals surface area contributed by atoms with Crippen LogP contribution in [0.15, 0.2) is 29.2 Å². The normalized spacial score (nSPS) is 20.3. The van der Waals surface area contributed by atoms with Gasteiger partial charge in [0.15, 0.2) is 19.7 Å². The molecule has 23 heavy (non-hydrogen) atoms. The number of hydrogen-bond donors (Lipinski definition) is 1. The van der Waals surface area contributed by atoms with Crippen LogP contribution in [0.2, 0.25) is 0 Å². The molecule has 0 bridgehead atoms. The second-order valence-electron chi connectivity index (χ2n) is 5.70. The van der Waals surface area contributed by atoms with E-state index in [-0.39, 0.29) is 28.7 Å². The van der Waals surface area contributed by atoms with E-state index in [9.17, 15) is 21.6 Å². The van der Waals surface area contributed by atoms with Gasteiger partial charge in [-0.2, -0.15) is 0 Å². The maximum absolute atomic E-state index is 12.4. The molecule has 1 aliphatic rings. The minimum absolute atomic E-state index is 0.0599. The van der Waals surface area contributed by atoms with E-state index >= 15 is 0 Å². The zero-order valence-electron chi connectivity index (χ0n) is 13.0. The van der Waals surface area contributed by atoms with Crippen LogP contribution in [0.3, 0.4) is 0 Å². The third-order valence-corrected chi connectivity index (χ3v) is 8.08. The fraction of sp³-hybridized carbons (Fsp3) is 0.533. The first-order chi connectivity index (χ1) is 10.8. The summed E-state index contributed by atoms with van der Waals surface area (Å²) < 4.78 is 47.8. The third-order valence-electron chi connectivity index (χ3n) is 3.89. The summed E-state index contributed by atoms with van der Waals surface area (Å²) >= 11 is 0. The van der Waals surface area contributed by atoms with Gasteiger partial charge in [-0.05, 0) is 37.1 Å². The molecule has 6 nitrogen and oxygen atoms in total. The molecule has 0 aliphatic carbocycles. The first-order valence-corrected chi connectivity index (χ1v) is 11.0. The Morgan fingerprint density at radius 1 is 1.26 bits per heavy atom. The fourth-order valence-electron chi connectivity index (χ4n) is 2.47. The summed E-state index contributed by atoms with van der Waals surface area (Å²) in [6.45, 7) is 2.60. The van der Waals surface area contributed by atoms with E-state index < -0.39 is 24.9 Å². The summed E-state index contributed by atoms with van der Waals surface area (Å²) in [5.41, 5.74) is 0.388. The van der Waals surface area contributed by atoms with Crippen LogP contribution in [0.5, 0.6) is 0 Å². The standard InChI is InChI=1S/C15H21NO5S2/c1-2-3-9-16-15(17)12-4-6-13(7-5-12)23(20,21)14-8-10-22(18,19)11-14/h4-7,14H,2-3,8-11H2,1H3,(H,16,17). The summed E-state index contributed by atoms with van der Waals surface area (Å²) in [7, 11) is -6.95. The number of benzene rings is 1. The van der Waals surface area contributed by atoms with Crippen LogP contribution in [-0.4, -0.2) is 46.0 Å². The molecule has 1 unspecified atom stereocenters. The number of amides is 1. The van der Waals surface area contributed by atoms with Gasteiger partial charge < -0.3 is 5.32 Å². The van der Waals surface area contributed by atoms with Crippen molar-refractivity contribution in [3.63, 3.8) is 0 Å². The Hall–Kier alpha value is -1.41. The lowest BCUT2D eigenvalue weighted by molar-refractivity contribution is 0.0953. The number of sulfone groups is 2. The van der Waals surface area contributed by atoms with Crippen LogP contribution in [0, 0.1) is 0 Å². The first-order valence-electron chi connectivity index (χ1n) is 7.59. The minimum atomic E-state index is -3.68. The van der Waals surface area contributed by atoms with Gasteiger partial charge in [0, 0.05) is 12.1 Å². The molecule has 0 aromatic heterocycles. The lowest BCUT2D eigenvalue weighted by Crippen LogP contribution is -2.25. The average Bonchev–Trinajstić information content (AvgIpc) is 2.88. The Morgan fingerprint density at radius 3 is 2.43 bits per heavy atom. The summed E-state index contributed by atoms with van der Waals surface area (Å²) in [5, 5.41) is 1.86. The van der Waals surface area contributed by atoms with E-state index in [4.69, 9.17) is 0 Å². The van der Waals surface area contributed by atoms with Gasteiger partial charge in [-0.25, -0.2) is 16.8 Å². The lowest BCUT2D eigenvalue weighted by Gasteiger charge is -2.11. The molecule has 0 radical (unpaired) electrons. The molecular weight excluding hydrogens is 338 g/mol. The molecule has 1 aliphatic heterocycles. The molecule has 0 spiro atoms. The van der Waals surface area contributed by atoms with Gasteiger partial charge >= 0.3 is 0 Å². The van der Waals surface area contributed by atoms with Crippen LogP contribution in [0.25, 0.3) is 0 Å². The monoisotopic (exact) mass is 359 g/mol. The number of hydrogen-bond acceptors (Lipinski definition) is 5. The molecular formula is C15H21NO5S2. The Morgan fingerprint density at radius 2 is 1.91 bits per heavy atom. The van der Waals surface area contributed by atoms with E-state index in [1.54, 1.807) is 0 Å². The van der Waals surface area contributed by atoms with E-state index in [1.807, 2.05) is 6.92 Å². The van der Waals surface area contributed by atoms with Crippen molar-refractivity contribution in [3.05, 3.63) is 29.8 Å². The predicted molar refractivity (Wildman–Crippen MR) is 87.9 cm³/mol. The molecule has 128 valence electrons. The largest absolute Gasteiger partial charge is 0.352 e. The van der Waals surface area contributed by atoms with Gasteiger partial charge in [-0.15, -0.1) is 0 Å². The molecule has 8 heteroatoms. The van der Waals surface area contributed by atoms with Gasteiger partial charge in [0.25, 0.3) is 5.91 Å². The van der Waals surface area contributed by atoms with E-state index in [0.717, 1.165) is 12.8 Å². The van der Waals surface area contributed by atoms with E-state index in [0.29, 0.717) is 12.1 Å². The maximum atomic E-state index is 12.4. The van der Waals surface area contributed by atoms with Gasteiger partial charge in [0.1, 0.15) is 0 Å². The van der Waals surface area contributed by atoms with Crippen LogP contribution in [-0.2, 0) is 19.7 Å². The molecule has 0 saturated carbocycles. The Bertz CT molecular complexity index is 767. The van der Waals surface area contributed by atoms with E-state index in [2.05, 4.69) is 5.32 Å². The Kier molecular flexibility index (Phi) is 5.46. The first kappa shape index (κ1) is 17.9. The zero-order valence-corrected chi connectivity index (χ0v) is 14.6. The zero-order chi connectivity index (χ0) is 17.1. The number of nitrogens with one attached hydrogen (secondary N) is 1. The van der Waals surface area contributed by atoms with Gasteiger partial charge in [0.2, 0.25) is 0 Å². The number of unbranched alkanes of at least 4 members (excludes halogenated alkanes) is 1. The molecule has 1 amide bonds. The third kappa shape index (κ3) is 4.32. The number of carbonyl (C=O) groups is 1.